The molecule has 106 valence electrons. The lowest BCUT2D eigenvalue weighted by atomic mass is 9.95. The number of carbonyl (C=O) groups is 1. The standard InChI is InChI=1S/C16H18O4/c1-9(2)13-7-14-12(8-19-11(4)17)6-16(18)20-15(14)5-10(13)3/h5-7,9H,8H2,1-4H3. The van der Waals surface area contributed by atoms with Crippen molar-refractivity contribution < 1.29 is 13.9 Å². The maximum atomic E-state index is 11.6. The molecule has 4 heteroatoms. The van der Waals surface area contributed by atoms with E-state index >= 15 is 0 Å². The second-order valence-electron chi connectivity index (χ2n) is 5.23. The van der Waals surface area contributed by atoms with Crippen LogP contribution in [0.3, 0.4) is 0 Å². The van der Waals surface area contributed by atoms with Gasteiger partial charge < -0.3 is 9.15 Å². The van der Waals surface area contributed by atoms with Gasteiger partial charge in [0.15, 0.2) is 0 Å². The van der Waals surface area contributed by atoms with E-state index in [9.17, 15) is 9.59 Å². The Morgan fingerprint density at radius 3 is 2.60 bits per heavy atom. The highest BCUT2D eigenvalue weighted by molar-refractivity contribution is 5.82. The summed E-state index contributed by atoms with van der Waals surface area (Å²) >= 11 is 0. The second-order valence-corrected chi connectivity index (χ2v) is 5.23. The molecule has 1 aromatic carbocycles. The molecule has 4 nitrogen and oxygen atoms in total. The van der Waals surface area contributed by atoms with Crippen LogP contribution >= 0.6 is 0 Å². The van der Waals surface area contributed by atoms with Crippen LogP contribution < -0.4 is 5.63 Å². The number of benzene rings is 1. The summed E-state index contributed by atoms with van der Waals surface area (Å²) in [6, 6.07) is 5.26. The Bertz CT molecular complexity index is 710. The van der Waals surface area contributed by atoms with Crippen molar-refractivity contribution in [2.75, 3.05) is 0 Å². The normalized spacial score (nSPS) is 11.1. The number of aryl methyl sites for hydroxylation is 1. The van der Waals surface area contributed by atoms with Crippen molar-refractivity contribution in [2.24, 2.45) is 0 Å². The Morgan fingerprint density at radius 2 is 2.00 bits per heavy atom. The van der Waals surface area contributed by atoms with Crippen LogP contribution in [0, 0.1) is 6.92 Å². The lowest BCUT2D eigenvalue weighted by molar-refractivity contribution is -0.142. The Balaban J connectivity index is 2.63. The van der Waals surface area contributed by atoms with Gasteiger partial charge in [0.05, 0.1) is 0 Å². The average Bonchev–Trinajstić information content (AvgIpc) is 2.34. The predicted molar refractivity (Wildman–Crippen MR) is 76.8 cm³/mol. The number of hydrogen-bond donors (Lipinski definition) is 0. The minimum Gasteiger partial charge on any atom is -0.461 e. The molecule has 0 saturated heterocycles. The van der Waals surface area contributed by atoms with Gasteiger partial charge >= 0.3 is 11.6 Å². The van der Waals surface area contributed by atoms with Crippen LogP contribution in [0.4, 0.5) is 0 Å². The number of ether oxygens (including phenoxy) is 1. The minimum atomic E-state index is -0.434. The predicted octanol–water partition coefficient (Wildman–Crippen LogP) is 3.29. The molecular formula is C16H18O4. The van der Waals surface area contributed by atoms with Crippen LogP contribution in [-0.4, -0.2) is 5.97 Å². The molecule has 2 aromatic rings. The van der Waals surface area contributed by atoms with Gasteiger partial charge in [-0.3, -0.25) is 4.79 Å². The number of fused-ring (bicyclic) bond motifs is 1. The summed E-state index contributed by atoms with van der Waals surface area (Å²) in [5.41, 5.74) is 3.04. The number of esters is 1. The third kappa shape index (κ3) is 2.90. The Hall–Kier alpha value is -2.10. The lowest BCUT2D eigenvalue weighted by Gasteiger charge is -2.13. The molecule has 0 bridgehead atoms. The minimum absolute atomic E-state index is 0.0814. The van der Waals surface area contributed by atoms with Crippen molar-refractivity contribution in [3.63, 3.8) is 0 Å². The van der Waals surface area contributed by atoms with Crippen LogP contribution in [0.1, 0.15) is 43.4 Å². The van der Waals surface area contributed by atoms with Gasteiger partial charge in [0.25, 0.3) is 0 Å². The zero-order valence-corrected chi connectivity index (χ0v) is 12.1. The van der Waals surface area contributed by atoms with Gasteiger partial charge in [0, 0.05) is 23.9 Å². The third-order valence-corrected chi connectivity index (χ3v) is 3.27. The van der Waals surface area contributed by atoms with Crippen LogP contribution in [-0.2, 0) is 16.1 Å². The number of rotatable bonds is 3. The molecule has 0 fully saturated rings. The smallest absolute Gasteiger partial charge is 0.336 e. The molecule has 0 aliphatic rings. The van der Waals surface area contributed by atoms with E-state index in [-0.39, 0.29) is 12.6 Å². The van der Waals surface area contributed by atoms with Crippen LogP contribution in [0.2, 0.25) is 0 Å². The van der Waals surface area contributed by atoms with Crippen molar-refractivity contribution in [3.05, 3.63) is 45.3 Å². The average molecular weight is 274 g/mol. The molecule has 0 aliphatic carbocycles. The maximum absolute atomic E-state index is 11.6. The van der Waals surface area contributed by atoms with Crippen molar-refractivity contribution in [1.29, 1.82) is 0 Å². The summed E-state index contributed by atoms with van der Waals surface area (Å²) in [5.74, 6) is -0.00418. The molecule has 0 atom stereocenters. The fraction of sp³-hybridized carbons (Fsp3) is 0.375. The number of carbonyl (C=O) groups excluding carboxylic acids is 1. The Kier molecular flexibility index (Phi) is 3.93. The monoisotopic (exact) mass is 274 g/mol. The van der Waals surface area contributed by atoms with E-state index in [2.05, 4.69) is 13.8 Å². The number of hydrogen-bond acceptors (Lipinski definition) is 4. The molecule has 0 radical (unpaired) electrons. The third-order valence-electron chi connectivity index (χ3n) is 3.27. The molecule has 1 aromatic heterocycles. The van der Waals surface area contributed by atoms with Crippen molar-refractivity contribution in [1.82, 2.24) is 0 Å². The zero-order valence-electron chi connectivity index (χ0n) is 12.1. The van der Waals surface area contributed by atoms with E-state index in [0.29, 0.717) is 17.1 Å². The molecule has 0 amide bonds. The first-order valence-corrected chi connectivity index (χ1v) is 6.59. The topological polar surface area (TPSA) is 56.5 Å². The molecule has 0 N–H and O–H groups in total. The van der Waals surface area contributed by atoms with E-state index in [1.807, 2.05) is 19.1 Å². The lowest BCUT2D eigenvalue weighted by Crippen LogP contribution is -2.06. The highest BCUT2D eigenvalue weighted by atomic mass is 16.5. The first kappa shape index (κ1) is 14.3. The SMILES string of the molecule is CC(=O)OCc1cc(=O)oc2cc(C)c(C(C)C)cc12. The van der Waals surface area contributed by atoms with Crippen molar-refractivity contribution in [2.45, 2.75) is 40.2 Å². The fourth-order valence-electron chi connectivity index (χ4n) is 2.31. The molecular weight excluding hydrogens is 256 g/mol. The van der Waals surface area contributed by atoms with E-state index in [1.54, 1.807) is 0 Å². The van der Waals surface area contributed by atoms with E-state index in [4.69, 9.17) is 9.15 Å². The van der Waals surface area contributed by atoms with Crippen LogP contribution in [0.25, 0.3) is 11.0 Å². The first-order valence-electron chi connectivity index (χ1n) is 6.59. The van der Waals surface area contributed by atoms with Gasteiger partial charge in [-0.1, -0.05) is 13.8 Å². The summed E-state index contributed by atoms with van der Waals surface area (Å²) in [6.07, 6.45) is 0. The molecule has 2 rings (SSSR count). The van der Waals surface area contributed by atoms with Gasteiger partial charge in [0.2, 0.25) is 0 Å². The maximum Gasteiger partial charge on any atom is 0.336 e. The molecule has 20 heavy (non-hydrogen) atoms. The summed E-state index contributed by atoms with van der Waals surface area (Å²) < 4.78 is 10.2. The van der Waals surface area contributed by atoms with Gasteiger partial charge in [-0.25, -0.2) is 4.79 Å². The highest BCUT2D eigenvalue weighted by Crippen LogP contribution is 2.27. The van der Waals surface area contributed by atoms with E-state index < -0.39 is 5.63 Å². The zero-order chi connectivity index (χ0) is 14.9. The second kappa shape index (κ2) is 5.49. The van der Waals surface area contributed by atoms with Gasteiger partial charge in [0.1, 0.15) is 12.2 Å². The summed E-state index contributed by atoms with van der Waals surface area (Å²) in [5, 5.41) is 0.820. The Morgan fingerprint density at radius 1 is 1.30 bits per heavy atom. The fourth-order valence-corrected chi connectivity index (χ4v) is 2.31. The summed E-state index contributed by atoms with van der Waals surface area (Å²) in [4.78, 5) is 22.5. The van der Waals surface area contributed by atoms with E-state index in [0.717, 1.165) is 10.9 Å². The highest BCUT2D eigenvalue weighted by Gasteiger charge is 2.12. The summed E-state index contributed by atoms with van der Waals surface area (Å²) in [6.45, 7) is 7.64. The Labute approximate surface area is 117 Å². The quantitative estimate of drug-likeness (QED) is 0.636. The van der Waals surface area contributed by atoms with E-state index in [1.165, 1.54) is 18.6 Å². The van der Waals surface area contributed by atoms with Gasteiger partial charge in [-0.2, -0.15) is 0 Å². The van der Waals surface area contributed by atoms with Crippen molar-refractivity contribution in [3.8, 4) is 0 Å². The van der Waals surface area contributed by atoms with Gasteiger partial charge in [-0.15, -0.1) is 0 Å². The molecule has 0 saturated carbocycles. The molecule has 1 heterocycles. The molecule has 0 aliphatic heterocycles. The molecule has 0 spiro atoms. The molecule has 0 unspecified atom stereocenters. The van der Waals surface area contributed by atoms with Crippen LogP contribution in [0.5, 0.6) is 0 Å². The van der Waals surface area contributed by atoms with Gasteiger partial charge in [-0.05, 0) is 36.1 Å². The van der Waals surface area contributed by atoms with Crippen molar-refractivity contribution >= 4 is 16.9 Å². The summed E-state index contributed by atoms with van der Waals surface area (Å²) in [7, 11) is 0. The first-order chi connectivity index (χ1) is 9.38. The van der Waals surface area contributed by atoms with Crippen LogP contribution in [0.15, 0.2) is 27.4 Å². The largest absolute Gasteiger partial charge is 0.461 e.